The summed E-state index contributed by atoms with van der Waals surface area (Å²) in [6.45, 7) is 3.85. The fourth-order valence-electron chi connectivity index (χ4n) is 4.25. The number of nitrogens with zero attached hydrogens (tertiary/aromatic N) is 4. The third kappa shape index (κ3) is 3.83. The molecule has 0 spiro atoms. The van der Waals surface area contributed by atoms with Crippen LogP contribution in [-0.4, -0.2) is 26.6 Å². The molecule has 1 amide bonds. The lowest BCUT2D eigenvalue weighted by Gasteiger charge is -2.22. The molecule has 7 nitrogen and oxygen atoms in total. The predicted molar refractivity (Wildman–Crippen MR) is 136 cm³/mol. The Bertz CT molecular complexity index is 1720. The summed E-state index contributed by atoms with van der Waals surface area (Å²) in [5.41, 5.74) is 0.436. The van der Waals surface area contributed by atoms with Crippen molar-refractivity contribution in [3.8, 4) is 5.69 Å². The molecule has 0 saturated carbocycles. The van der Waals surface area contributed by atoms with E-state index in [0.717, 1.165) is 21.5 Å². The number of amides is 1. The van der Waals surface area contributed by atoms with Crippen LogP contribution in [0.3, 0.4) is 0 Å². The molecule has 0 N–H and O–H groups in total. The number of hydrogen-bond donors (Lipinski definition) is 0. The summed E-state index contributed by atoms with van der Waals surface area (Å²) in [5, 5.41) is 0.591. The molecule has 9 heteroatoms. The van der Waals surface area contributed by atoms with Gasteiger partial charge in [0.05, 0.1) is 11.2 Å². The number of anilines is 1. The fraction of sp³-hybridized carbons (Fsp3) is 0.154. The molecule has 0 atom stereocenters. The van der Waals surface area contributed by atoms with Gasteiger partial charge in [0.25, 0.3) is 5.56 Å². The number of likely N-dealkylation sites (N-methyl/N-ethyl adjacent to an activating group) is 1. The molecule has 0 aliphatic heterocycles. The van der Waals surface area contributed by atoms with Crippen LogP contribution < -0.4 is 16.1 Å². The summed E-state index contributed by atoms with van der Waals surface area (Å²) in [6.07, 6.45) is 1.59. The summed E-state index contributed by atoms with van der Waals surface area (Å²) in [7, 11) is 0. The molecular formula is C26H21FN4O3S. The molecule has 0 unspecified atom stereocenters. The lowest BCUT2D eigenvalue weighted by atomic mass is 10.2. The van der Waals surface area contributed by atoms with E-state index >= 15 is 0 Å². The Morgan fingerprint density at radius 3 is 2.63 bits per heavy atom. The van der Waals surface area contributed by atoms with Gasteiger partial charge in [0.1, 0.15) is 21.9 Å². The largest absolute Gasteiger partial charge is 0.336 e. The molecule has 0 saturated heterocycles. The van der Waals surface area contributed by atoms with Gasteiger partial charge in [-0.15, -0.1) is 11.3 Å². The van der Waals surface area contributed by atoms with Gasteiger partial charge < -0.3 is 4.90 Å². The van der Waals surface area contributed by atoms with Crippen LogP contribution in [0.5, 0.6) is 0 Å². The molecule has 176 valence electrons. The average molecular weight is 489 g/mol. The van der Waals surface area contributed by atoms with E-state index in [2.05, 4.69) is 4.98 Å². The van der Waals surface area contributed by atoms with Gasteiger partial charge in [-0.05, 0) is 55.8 Å². The van der Waals surface area contributed by atoms with Gasteiger partial charge in [0.15, 0.2) is 0 Å². The highest BCUT2D eigenvalue weighted by atomic mass is 32.1. The molecule has 0 radical (unpaired) electrons. The monoisotopic (exact) mass is 488 g/mol. The Hall–Kier alpha value is -4.11. The van der Waals surface area contributed by atoms with E-state index in [1.165, 1.54) is 22.8 Å². The van der Waals surface area contributed by atoms with Crippen molar-refractivity contribution in [3.05, 3.63) is 99.1 Å². The number of carbonyl (C=O) groups excluding carboxylic acids is 1. The first-order valence-electron chi connectivity index (χ1n) is 11.1. The number of fused-ring (bicyclic) bond motifs is 3. The lowest BCUT2D eigenvalue weighted by molar-refractivity contribution is -0.119. The van der Waals surface area contributed by atoms with Crippen LogP contribution in [0.1, 0.15) is 12.5 Å². The van der Waals surface area contributed by atoms with Crippen molar-refractivity contribution >= 4 is 43.4 Å². The highest BCUT2D eigenvalue weighted by Crippen LogP contribution is 2.30. The summed E-state index contributed by atoms with van der Waals surface area (Å²) in [5.74, 6) is -1.04. The summed E-state index contributed by atoms with van der Waals surface area (Å²) in [4.78, 5) is 47.1. The molecule has 0 aliphatic rings. The number of hydrogen-bond acceptors (Lipinski definition) is 5. The Morgan fingerprint density at radius 2 is 1.89 bits per heavy atom. The first-order chi connectivity index (χ1) is 16.9. The lowest BCUT2D eigenvalue weighted by Crippen LogP contribution is -2.43. The van der Waals surface area contributed by atoms with E-state index in [-0.39, 0.29) is 22.8 Å². The molecule has 2 aromatic carbocycles. The maximum atomic E-state index is 14.7. The topological polar surface area (TPSA) is 77.2 Å². The van der Waals surface area contributed by atoms with Gasteiger partial charge in [-0.1, -0.05) is 24.3 Å². The highest BCUT2D eigenvalue weighted by Gasteiger charge is 2.24. The second kappa shape index (κ2) is 8.92. The molecule has 0 fully saturated rings. The van der Waals surface area contributed by atoms with Crippen molar-refractivity contribution in [1.82, 2.24) is 14.1 Å². The molecule has 3 aromatic heterocycles. The number of halogens is 1. The third-order valence-electron chi connectivity index (χ3n) is 5.85. The van der Waals surface area contributed by atoms with Gasteiger partial charge >= 0.3 is 5.69 Å². The number of rotatable bonds is 5. The van der Waals surface area contributed by atoms with Crippen LogP contribution in [-0.2, 0) is 11.3 Å². The van der Waals surface area contributed by atoms with Crippen LogP contribution in [0.15, 0.2) is 76.4 Å². The third-order valence-corrected chi connectivity index (χ3v) is 6.94. The number of thiophene rings is 1. The zero-order chi connectivity index (χ0) is 24.7. The van der Waals surface area contributed by atoms with Gasteiger partial charge in [-0.2, -0.15) is 0 Å². The molecule has 0 aliphatic carbocycles. The minimum Gasteiger partial charge on any atom is -0.311 e. The zero-order valence-electron chi connectivity index (χ0n) is 19.1. The van der Waals surface area contributed by atoms with E-state index in [4.69, 9.17) is 0 Å². The fourth-order valence-corrected chi connectivity index (χ4v) is 5.33. The van der Waals surface area contributed by atoms with Gasteiger partial charge in [0, 0.05) is 23.8 Å². The molecule has 35 heavy (non-hydrogen) atoms. The van der Waals surface area contributed by atoms with E-state index in [1.807, 2.05) is 38.1 Å². The first kappa shape index (κ1) is 22.7. The second-order valence-electron chi connectivity index (χ2n) is 8.07. The molecule has 3 heterocycles. The van der Waals surface area contributed by atoms with E-state index < -0.39 is 17.1 Å². The summed E-state index contributed by atoms with van der Waals surface area (Å²) in [6, 6.07) is 16.6. The zero-order valence-corrected chi connectivity index (χ0v) is 19.9. The number of para-hydroxylation sites is 1. The highest BCUT2D eigenvalue weighted by molar-refractivity contribution is 7.25. The van der Waals surface area contributed by atoms with Crippen LogP contribution in [0.4, 0.5) is 10.1 Å². The van der Waals surface area contributed by atoms with Crippen LogP contribution in [0.25, 0.3) is 26.1 Å². The number of carbonyl (C=O) groups is 1. The number of pyridine rings is 1. The average Bonchev–Trinajstić information content (AvgIpc) is 3.23. The SMILES string of the molecule is CCN(C(=O)Cn1c(=O)n(-c2ccccc2F)c(=O)c2sc3ncccc3c21)c1cccc(C)c1. The normalized spacial score (nSPS) is 11.3. The van der Waals surface area contributed by atoms with Crippen molar-refractivity contribution in [2.24, 2.45) is 0 Å². The van der Waals surface area contributed by atoms with Crippen molar-refractivity contribution in [3.63, 3.8) is 0 Å². The standard InChI is InChI=1S/C26H21FN4O3S/c1-3-29(17-9-6-8-16(2)14-17)21(32)15-30-22-18-10-7-13-28-24(18)35-23(22)25(33)31(26(30)34)20-12-5-4-11-19(20)27/h4-14H,3,15H2,1-2H3. The molecular weight excluding hydrogens is 467 g/mol. The minimum absolute atomic E-state index is 0.165. The van der Waals surface area contributed by atoms with Gasteiger partial charge in [-0.3, -0.25) is 14.2 Å². The molecule has 5 aromatic rings. The Balaban J connectivity index is 1.76. The number of aromatic nitrogens is 3. The van der Waals surface area contributed by atoms with Crippen molar-refractivity contribution in [2.45, 2.75) is 20.4 Å². The van der Waals surface area contributed by atoms with Crippen molar-refractivity contribution in [1.29, 1.82) is 0 Å². The summed E-state index contributed by atoms with van der Waals surface area (Å²) >= 11 is 1.11. The second-order valence-corrected chi connectivity index (χ2v) is 9.07. The van der Waals surface area contributed by atoms with Crippen LogP contribution >= 0.6 is 11.3 Å². The van der Waals surface area contributed by atoms with Crippen LogP contribution in [0, 0.1) is 12.7 Å². The summed E-state index contributed by atoms with van der Waals surface area (Å²) < 4.78 is 17.0. The van der Waals surface area contributed by atoms with E-state index in [1.54, 1.807) is 29.3 Å². The quantitative estimate of drug-likeness (QED) is 0.370. The smallest absolute Gasteiger partial charge is 0.311 e. The van der Waals surface area contributed by atoms with E-state index in [0.29, 0.717) is 28.0 Å². The number of aryl methyl sites for hydroxylation is 1. The Labute approximate surface area is 203 Å². The first-order valence-corrected chi connectivity index (χ1v) is 11.9. The Kier molecular flexibility index (Phi) is 5.78. The minimum atomic E-state index is -0.787. The van der Waals surface area contributed by atoms with Gasteiger partial charge in [0.2, 0.25) is 5.91 Å². The maximum absolute atomic E-state index is 14.7. The van der Waals surface area contributed by atoms with Crippen molar-refractivity contribution in [2.75, 3.05) is 11.4 Å². The predicted octanol–water partition coefficient (Wildman–Crippen LogP) is 4.26. The maximum Gasteiger partial charge on any atom is 0.336 e. The van der Waals surface area contributed by atoms with Crippen molar-refractivity contribution < 1.29 is 9.18 Å². The van der Waals surface area contributed by atoms with Gasteiger partial charge in [-0.25, -0.2) is 18.7 Å². The molecule has 5 rings (SSSR count). The van der Waals surface area contributed by atoms with E-state index in [9.17, 15) is 18.8 Å². The number of benzene rings is 2. The Morgan fingerprint density at radius 1 is 1.09 bits per heavy atom. The van der Waals surface area contributed by atoms with Crippen LogP contribution in [0.2, 0.25) is 0 Å². The molecule has 0 bridgehead atoms.